The number of halogens is 1. The van der Waals surface area contributed by atoms with Crippen molar-refractivity contribution in [2.24, 2.45) is 5.73 Å². The Labute approximate surface area is 123 Å². The van der Waals surface area contributed by atoms with E-state index in [4.69, 9.17) is 22.1 Å². The quantitative estimate of drug-likeness (QED) is 0.881. The van der Waals surface area contributed by atoms with Gasteiger partial charge in [-0.25, -0.2) is 0 Å². The van der Waals surface area contributed by atoms with Crippen LogP contribution in [0.1, 0.15) is 48.4 Å². The lowest BCUT2D eigenvalue weighted by Gasteiger charge is -2.22. The number of carbonyl (C=O) groups excluding carboxylic acids is 1. The highest BCUT2D eigenvalue weighted by atomic mass is 35.5. The first-order valence-electron chi connectivity index (χ1n) is 7.01. The Hall–Kier alpha value is -1.10. The number of anilines is 1. The van der Waals surface area contributed by atoms with Crippen molar-refractivity contribution in [3.63, 3.8) is 0 Å². The van der Waals surface area contributed by atoms with Gasteiger partial charge in [0.2, 0.25) is 5.91 Å². The van der Waals surface area contributed by atoms with Crippen LogP contribution in [0.25, 0.3) is 0 Å². The van der Waals surface area contributed by atoms with Crippen molar-refractivity contribution < 1.29 is 9.53 Å². The second-order valence-electron chi connectivity index (χ2n) is 5.66. The maximum atomic E-state index is 11.8. The smallest absolute Gasteiger partial charge is 0.231 e. The minimum atomic E-state index is -0.239. The molecule has 0 saturated carbocycles. The van der Waals surface area contributed by atoms with Crippen LogP contribution >= 0.6 is 11.6 Å². The molecule has 108 valence electrons. The predicted octanol–water partition coefficient (Wildman–Crippen LogP) is 2.88. The number of amides is 1. The van der Waals surface area contributed by atoms with Crippen molar-refractivity contribution in [2.75, 3.05) is 11.9 Å². The van der Waals surface area contributed by atoms with Gasteiger partial charge < -0.3 is 15.8 Å². The summed E-state index contributed by atoms with van der Waals surface area (Å²) in [5, 5.41) is 3.54. The molecule has 3 rings (SSSR count). The second-order valence-corrected chi connectivity index (χ2v) is 6.04. The van der Waals surface area contributed by atoms with E-state index in [2.05, 4.69) is 5.32 Å². The van der Waals surface area contributed by atoms with E-state index in [0.29, 0.717) is 5.02 Å². The zero-order valence-electron chi connectivity index (χ0n) is 11.7. The van der Waals surface area contributed by atoms with E-state index in [1.807, 2.05) is 19.9 Å². The average Bonchev–Trinajstić information content (AvgIpc) is 3.04. The van der Waals surface area contributed by atoms with Gasteiger partial charge in [-0.3, -0.25) is 4.79 Å². The molecule has 1 amide bonds. The molecule has 2 aliphatic heterocycles. The van der Waals surface area contributed by atoms with Gasteiger partial charge in [0.15, 0.2) is 0 Å². The maximum Gasteiger partial charge on any atom is 0.231 e. The van der Waals surface area contributed by atoms with Crippen molar-refractivity contribution >= 4 is 23.2 Å². The molecule has 20 heavy (non-hydrogen) atoms. The Balaban J connectivity index is 2.04. The fourth-order valence-corrected chi connectivity index (χ4v) is 3.33. The van der Waals surface area contributed by atoms with E-state index in [-0.39, 0.29) is 24.0 Å². The van der Waals surface area contributed by atoms with Crippen LogP contribution in [-0.2, 0) is 9.53 Å². The third-order valence-corrected chi connectivity index (χ3v) is 4.89. The Bertz CT molecular complexity index is 567. The normalized spacial score (nSPS) is 26.5. The Kier molecular flexibility index (Phi) is 3.48. The van der Waals surface area contributed by atoms with Crippen molar-refractivity contribution in [1.29, 1.82) is 0 Å². The summed E-state index contributed by atoms with van der Waals surface area (Å²) in [5.74, 6) is -0.140. The van der Waals surface area contributed by atoms with Gasteiger partial charge in [0, 0.05) is 12.3 Å². The summed E-state index contributed by atoms with van der Waals surface area (Å²) in [7, 11) is 0. The number of hydrogen-bond acceptors (Lipinski definition) is 3. The number of nitrogens with two attached hydrogens (primary N) is 1. The Morgan fingerprint density at radius 1 is 1.55 bits per heavy atom. The van der Waals surface area contributed by atoms with Crippen LogP contribution in [0.2, 0.25) is 5.02 Å². The monoisotopic (exact) mass is 294 g/mol. The van der Waals surface area contributed by atoms with E-state index < -0.39 is 0 Å². The van der Waals surface area contributed by atoms with Crippen LogP contribution in [-0.4, -0.2) is 18.6 Å². The number of ether oxygens (including phenoxy) is 1. The first kappa shape index (κ1) is 13.9. The summed E-state index contributed by atoms with van der Waals surface area (Å²) in [6.45, 7) is 4.58. The molecule has 4 nitrogen and oxygen atoms in total. The Morgan fingerprint density at radius 2 is 2.30 bits per heavy atom. The molecule has 5 heteroatoms. The lowest BCUT2D eigenvalue weighted by Crippen LogP contribution is -2.26. The van der Waals surface area contributed by atoms with Crippen molar-refractivity contribution in [1.82, 2.24) is 0 Å². The fourth-order valence-electron chi connectivity index (χ4n) is 3.05. The number of fused-ring (bicyclic) bond motifs is 1. The molecule has 1 aromatic carbocycles. The number of rotatable bonds is 2. The predicted molar refractivity (Wildman–Crippen MR) is 79.1 cm³/mol. The van der Waals surface area contributed by atoms with Gasteiger partial charge in [-0.2, -0.15) is 0 Å². The van der Waals surface area contributed by atoms with Crippen LogP contribution in [0.3, 0.4) is 0 Å². The van der Waals surface area contributed by atoms with Crippen molar-refractivity contribution in [3.8, 4) is 0 Å². The fraction of sp³-hybridized carbons (Fsp3) is 0.533. The molecule has 2 heterocycles. The minimum absolute atomic E-state index is 0.0157. The summed E-state index contributed by atoms with van der Waals surface area (Å²) < 4.78 is 5.67. The average molecular weight is 295 g/mol. The minimum Gasteiger partial charge on any atom is -0.376 e. The SMILES string of the molecule is Cc1c(Cl)c(C(N)C2CCCO2)cc2c1NC(=O)C2C. The third kappa shape index (κ3) is 2.03. The van der Waals surface area contributed by atoms with Gasteiger partial charge >= 0.3 is 0 Å². The highest BCUT2D eigenvalue weighted by molar-refractivity contribution is 6.33. The molecule has 0 aromatic heterocycles. The van der Waals surface area contributed by atoms with Gasteiger partial charge in [0.05, 0.1) is 23.1 Å². The first-order valence-corrected chi connectivity index (χ1v) is 7.39. The van der Waals surface area contributed by atoms with Crippen molar-refractivity contribution in [3.05, 3.63) is 27.8 Å². The summed E-state index contributed by atoms with van der Waals surface area (Å²) in [4.78, 5) is 11.8. The molecule has 0 bridgehead atoms. The summed E-state index contributed by atoms with van der Waals surface area (Å²) in [6.07, 6.45) is 2.02. The molecule has 1 fully saturated rings. The van der Waals surface area contributed by atoms with Crippen LogP contribution in [0, 0.1) is 6.92 Å². The number of benzene rings is 1. The summed E-state index contributed by atoms with van der Waals surface area (Å²) >= 11 is 6.46. The first-order chi connectivity index (χ1) is 9.50. The molecule has 3 unspecified atom stereocenters. The highest BCUT2D eigenvalue weighted by Gasteiger charge is 2.33. The maximum absolute atomic E-state index is 11.8. The van der Waals surface area contributed by atoms with Crippen LogP contribution in [0.5, 0.6) is 0 Å². The van der Waals surface area contributed by atoms with Gasteiger partial charge in [-0.15, -0.1) is 0 Å². The van der Waals surface area contributed by atoms with E-state index in [1.54, 1.807) is 0 Å². The van der Waals surface area contributed by atoms with E-state index in [0.717, 1.165) is 41.8 Å². The van der Waals surface area contributed by atoms with E-state index in [9.17, 15) is 4.79 Å². The van der Waals surface area contributed by atoms with Gasteiger partial charge in [-0.1, -0.05) is 11.6 Å². The molecule has 2 aliphatic rings. The lowest BCUT2D eigenvalue weighted by molar-refractivity contribution is -0.116. The molecule has 0 aliphatic carbocycles. The largest absolute Gasteiger partial charge is 0.376 e. The molecular weight excluding hydrogens is 276 g/mol. The van der Waals surface area contributed by atoms with Crippen LogP contribution in [0.15, 0.2) is 6.07 Å². The molecule has 1 aromatic rings. The van der Waals surface area contributed by atoms with E-state index >= 15 is 0 Å². The second kappa shape index (κ2) is 5.02. The zero-order chi connectivity index (χ0) is 14.4. The molecule has 3 N–H and O–H groups in total. The van der Waals surface area contributed by atoms with Crippen LogP contribution < -0.4 is 11.1 Å². The van der Waals surface area contributed by atoms with Gasteiger partial charge in [-0.05, 0) is 49.4 Å². The van der Waals surface area contributed by atoms with Gasteiger partial charge in [0.25, 0.3) is 0 Å². The van der Waals surface area contributed by atoms with Gasteiger partial charge in [0.1, 0.15) is 0 Å². The molecule has 1 saturated heterocycles. The number of hydrogen-bond donors (Lipinski definition) is 2. The topological polar surface area (TPSA) is 64.3 Å². The Morgan fingerprint density at radius 3 is 2.95 bits per heavy atom. The number of nitrogens with one attached hydrogen (secondary N) is 1. The summed E-state index contributed by atoms with van der Waals surface area (Å²) in [6, 6.07) is 1.73. The molecule has 0 radical (unpaired) electrons. The number of carbonyl (C=O) groups is 1. The van der Waals surface area contributed by atoms with Crippen molar-refractivity contribution in [2.45, 2.75) is 44.8 Å². The molecular formula is C15H19ClN2O2. The molecule has 3 atom stereocenters. The van der Waals surface area contributed by atoms with Crippen LogP contribution in [0.4, 0.5) is 5.69 Å². The van der Waals surface area contributed by atoms with E-state index in [1.165, 1.54) is 0 Å². The third-order valence-electron chi connectivity index (χ3n) is 4.39. The zero-order valence-corrected chi connectivity index (χ0v) is 12.5. The summed E-state index contributed by atoms with van der Waals surface area (Å²) in [5.41, 5.74) is 9.94. The highest BCUT2D eigenvalue weighted by Crippen LogP contribution is 2.42. The molecule has 0 spiro atoms. The lowest BCUT2D eigenvalue weighted by atomic mass is 9.92. The standard InChI is InChI=1S/C15H19ClN2O2/c1-7-9-6-10(13(17)11-4-3-5-20-11)12(16)8(2)14(9)18-15(7)19/h6-7,11,13H,3-5,17H2,1-2H3,(H,18,19).